The van der Waals surface area contributed by atoms with Crippen molar-refractivity contribution in [3.05, 3.63) is 23.2 Å². The number of nitrogens with one attached hydrogen (secondary N) is 1. The molecule has 3 aliphatic rings. The van der Waals surface area contributed by atoms with Crippen molar-refractivity contribution < 1.29 is 14.3 Å². The van der Waals surface area contributed by atoms with Crippen molar-refractivity contribution in [2.24, 2.45) is 0 Å². The van der Waals surface area contributed by atoms with Gasteiger partial charge in [-0.05, 0) is 50.1 Å². The lowest BCUT2D eigenvalue weighted by Gasteiger charge is -2.45. The van der Waals surface area contributed by atoms with E-state index in [-0.39, 0.29) is 24.0 Å². The summed E-state index contributed by atoms with van der Waals surface area (Å²) in [4.78, 5) is 29.2. The molecule has 1 saturated carbocycles. The predicted molar refractivity (Wildman–Crippen MR) is 122 cm³/mol. The summed E-state index contributed by atoms with van der Waals surface area (Å²) in [6.45, 7) is 3.65. The van der Waals surface area contributed by atoms with Crippen LogP contribution in [0, 0.1) is 0 Å². The molecule has 2 aliphatic heterocycles. The summed E-state index contributed by atoms with van der Waals surface area (Å²) in [6, 6.07) is 4.24. The monoisotopic (exact) mass is 443 g/mol. The lowest BCUT2D eigenvalue weighted by atomic mass is 9.91. The van der Waals surface area contributed by atoms with Gasteiger partial charge in [0.15, 0.2) is 0 Å². The van der Waals surface area contributed by atoms with E-state index in [9.17, 15) is 9.59 Å². The van der Waals surface area contributed by atoms with Gasteiger partial charge < -0.3 is 19.5 Å². The summed E-state index contributed by atoms with van der Waals surface area (Å²) >= 11 is 1.64. The van der Waals surface area contributed by atoms with Crippen LogP contribution < -0.4 is 5.32 Å². The van der Waals surface area contributed by atoms with E-state index in [1.807, 2.05) is 18.4 Å². The van der Waals surface area contributed by atoms with Crippen molar-refractivity contribution >= 4 is 33.4 Å². The molecule has 2 aromatic heterocycles. The molecule has 0 aromatic carbocycles. The van der Waals surface area contributed by atoms with Gasteiger partial charge in [-0.3, -0.25) is 9.59 Å². The molecule has 1 N–H and O–H groups in total. The van der Waals surface area contributed by atoms with Crippen molar-refractivity contribution in [2.75, 3.05) is 13.2 Å². The molecule has 0 radical (unpaired) electrons. The van der Waals surface area contributed by atoms with Crippen molar-refractivity contribution in [3.63, 3.8) is 0 Å². The number of carbonyl (C=O) groups excluding carboxylic acids is 2. The molecular weight excluding hydrogens is 410 g/mol. The van der Waals surface area contributed by atoms with Gasteiger partial charge in [-0.25, -0.2) is 0 Å². The highest BCUT2D eigenvalue weighted by Crippen LogP contribution is 2.35. The highest BCUT2D eigenvalue weighted by atomic mass is 32.1. The average Bonchev–Trinajstić information content (AvgIpc) is 3.46. The number of ether oxygens (including phenoxy) is 1. The van der Waals surface area contributed by atoms with E-state index in [2.05, 4.69) is 16.0 Å². The number of carbonyl (C=O) groups is 2. The van der Waals surface area contributed by atoms with Gasteiger partial charge in [-0.15, -0.1) is 11.3 Å². The maximum atomic E-state index is 13.8. The average molecular weight is 444 g/mol. The largest absolute Gasteiger partial charge is 0.376 e. The van der Waals surface area contributed by atoms with E-state index in [0.717, 1.165) is 55.3 Å². The lowest BCUT2D eigenvalue weighted by molar-refractivity contribution is -0.134. The van der Waals surface area contributed by atoms with E-state index >= 15 is 0 Å². The minimum atomic E-state index is -0.924. The molecule has 6 nitrogen and oxygen atoms in total. The van der Waals surface area contributed by atoms with E-state index < -0.39 is 5.54 Å². The summed E-state index contributed by atoms with van der Waals surface area (Å²) in [5.41, 5.74) is 0.818. The zero-order chi connectivity index (χ0) is 21.4. The smallest absolute Gasteiger partial charge is 0.271 e. The van der Waals surface area contributed by atoms with Crippen LogP contribution in [0.25, 0.3) is 10.2 Å². The molecule has 168 valence electrons. The Kier molecular flexibility index (Phi) is 5.82. The molecule has 1 saturated heterocycles. The van der Waals surface area contributed by atoms with Gasteiger partial charge in [0.1, 0.15) is 11.2 Å². The Bertz CT molecular complexity index is 953. The predicted octanol–water partition coefficient (Wildman–Crippen LogP) is 4.33. The number of hydrogen-bond acceptors (Lipinski definition) is 4. The minimum Gasteiger partial charge on any atom is -0.376 e. The first-order chi connectivity index (χ1) is 15.1. The Morgan fingerprint density at radius 2 is 1.97 bits per heavy atom. The molecule has 2 atom stereocenters. The maximum absolute atomic E-state index is 13.8. The molecule has 2 amide bonds. The number of amides is 2. The zero-order valence-corrected chi connectivity index (χ0v) is 19.2. The number of rotatable bonds is 4. The van der Waals surface area contributed by atoms with Crippen LogP contribution in [0.5, 0.6) is 0 Å². The Morgan fingerprint density at radius 1 is 1.19 bits per heavy atom. The molecule has 4 heterocycles. The van der Waals surface area contributed by atoms with Gasteiger partial charge in [-0.2, -0.15) is 0 Å². The van der Waals surface area contributed by atoms with Gasteiger partial charge in [0.2, 0.25) is 5.91 Å². The van der Waals surface area contributed by atoms with Gasteiger partial charge in [-0.1, -0.05) is 32.1 Å². The summed E-state index contributed by atoms with van der Waals surface area (Å²) in [7, 11) is 0. The Labute approximate surface area is 187 Å². The number of nitrogens with zero attached hydrogens (tertiary/aromatic N) is 2. The zero-order valence-electron chi connectivity index (χ0n) is 18.4. The molecule has 2 aromatic rings. The van der Waals surface area contributed by atoms with Crippen LogP contribution in [-0.2, 0) is 16.1 Å². The third-order valence-corrected chi connectivity index (χ3v) is 8.24. The fourth-order valence-corrected chi connectivity index (χ4v) is 6.31. The molecule has 0 unspecified atom stereocenters. The van der Waals surface area contributed by atoms with Crippen LogP contribution in [0.4, 0.5) is 0 Å². The van der Waals surface area contributed by atoms with E-state index in [1.54, 1.807) is 16.2 Å². The topological polar surface area (TPSA) is 63.6 Å². The summed E-state index contributed by atoms with van der Waals surface area (Å²) in [5.74, 6) is -0.0763. The van der Waals surface area contributed by atoms with Gasteiger partial charge in [0.05, 0.1) is 22.9 Å². The summed E-state index contributed by atoms with van der Waals surface area (Å²) in [6.07, 6.45) is 10.2. The first-order valence-corrected chi connectivity index (χ1v) is 12.8. The van der Waals surface area contributed by atoms with E-state index in [1.165, 1.54) is 19.3 Å². The summed E-state index contributed by atoms with van der Waals surface area (Å²) < 4.78 is 9.01. The van der Waals surface area contributed by atoms with Crippen LogP contribution >= 0.6 is 11.3 Å². The second-order valence-electron chi connectivity index (χ2n) is 9.63. The lowest BCUT2D eigenvalue weighted by Crippen LogP contribution is -2.66. The molecule has 1 aliphatic carbocycles. The van der Waals surface area contributed by atoms with Crippen LogP contribution in [0.1, 0.15) is 75.2 Å². The maximum Gasteiger partial charge on any atom is 0.271 e. The standard InChI is InChI=1S/C24H33N3O3S/c1-24(23(29)25-17-8-5-3-2-4-6-9-17)16-26-19-11-13-31-21(19)14-20(26)22(28)27(24)15-18-10-7-12-30-18/h11,13-14,17-18H,2-10,12,15-16H2,1H3,(H,25,29)/t18-,24+/m0/s1. The van der Waals surface area contributed by atoms with Crippen molar-refractivity contribution in [1.82, 2.24) is 14.8 Å². The minimum absolute atomic E-state index is 0.0140. The Balaban J connectivity index is 1.45. The molecule has 0 spiro atoms. The highest BCUT2D eigenvalue weighted by Gasteiger charge is 2.49. The van der Waals surface area contributed by atoms with Crippen molar-refractivity contribution in [2.45, 2.75) is 88.9 Å². The molecule has 0 bridgehead atoms. The summed E-state index contributed by atoms with van der Waals surface area (Å²) in [5, 5.41) is 5.40. The molecule has 7 heteroatoms. The number of fused-ring (bicyclic) bond motifs is 3. The Hall–Kier alpha value is -1.86. The Morgan fingerprint density at radius 3 is 2.71 bits per heavy atom. The fourth-order valence-electron chi connectivity index (χ4n) is 5.49. The van der Waals surface area contributed by atoms with Gasteiger partial charge in [0, 0.05) is 19.2 Å². The molecular formula is C24H33N3O3S. The highest BCUT2D eigenvalue weighted by molar-refractivity contribution is 7.17. The van der Waals surface area contributed by atoms with Crippen LogP contribution in [0.15, 0.2) is 17.5 Å². The quantitative estimate of drug-likeness (QED) is 0.765. The second-order valence-corrected chi connectivity index (χ2v) is 10.6. The second kappa shape index (κ2) is 8.58. The number of thiophene rings is 1. The van der Waals surface area contributed by atoms with Gasteiger partial charge in [0.25, 0.3) is 5.91 Å². The van der Waals surface area contributed by atoms with Crippen LogP contribution in [0.3, 0.4) is 0 Å². The number of aromatic nitrogens is 1. The molecule has 2 fully saturated rings. The van der Waals surface area contributed by atoms with Gasteiger partial charge >= 0.3 is 0 Å². The number of hydrogen-bond donors (Lipinski definition) is 1. The van der Waals surface area contributed by atoms with Crippen molar-refractivity contribution in [1.29, 1.82) is 0 Å². The first-order valence-electron chi connectivity index (χ1n) is 11.9. The fraction of sp³-hybridized carbons (Fsp3) is 0.667. The molecule has 5 rings (SSSR count). The van der Waals surface area contributed by atoms with E-state index in [0.29, 0.717) is 18.8 Å². The normalized spacial score (nSPS) is 27.8. The third-order valence-electron chi connectivity index (χ3n) is 7.39. The third kappa shape index (κ3) is 3.91. The first kappa shape index (κ1) is 21.0. The van der Waals surface area contributed by atoms with Crippen LogP contribution in [-0.4, -0.2) is 52.1 Å². The SMILES string of the molecule is C[C@]1(C(=O)NC2CCCCCCC2)Cn2c(cc3sccc32)C(=O)N1C[C@@H]1CCCO1. The van der Waals surface area contributed by atoms with Crippen LogP contribution in [0.2, 0.25) is 0 Å². The van der Waals surface area contributed by atoms with E-state index in [4.69, 9.17) is 4.74 Å². The van der Waals surface area contributed by atoms with Crippen molar-refractivity contribution in [3.8, 4) is 0 Å². The molecule has 31 heavy (non-hydrogen) atoms.